The number of hydrogen-bond acceptors (Lipinski definition) is 4. The first kappa shape index (κ1) is 22.0. The van der Waals surface area contributed by atoms with Gasteiger partial charge in [-0.25, -0.2) is 9.18 Å². The van der Waals surface area contributed by atoms with Gasteiger partial charge in [-0.05, 0) is 48.4 Å². The normalized spacial score (nSPS) is 20.8. The van der Waals surface area contributed by atoms with Crippen molar-refractivity contribution in [2.75, 3.05) is 6.61 Å². The molecule has 0 fully saturated rings. The fourth-order valence-corrected chi connectivity index (χ4v) is 4.58. The zero-order valence-corrected chi connectivity index (χ0v) is 18.7. The van der Waals surface area contributed by atoms with E-state index in [0.717, 1.165) is 11.3 Å². The zero-order valence-electron chi connectivity index (χ0n) is 18.7. The molecule has 4 rings (SSSR count). The maximum atomic E-state index is 13.6. The van der Waals surface area contributed by atoms with E-state index < -0.39 is 11.9 Å². The second-order valence-corrected chi connectivity index (χ2v) is 8.97. The van der Waals surface area contributed by atoms with E-state index in [-0.39, 0.29) is 23.4 Å². The fourth-order valence-electron chi connectivity index (χ4n) is 4.58. The number of carbonyl (C=O) groups is 2. The van der Waals surface area contributed by atoms with Crippen molar-refractivity contribution in [3.8, 4) is 0 Å². The largest absolute Gasteiger partial charge is 0.462 e. The predicted octanol–water partition coefficient (Wildman–Crippen LogP) is 5.39. The number of hydrogen-bond donors (Lipinski definition) is 1. The van der Waals surface area contributed by atoms with E-state index >= 15 is 0 Å². The van der Waals surface area contributed by atoms with Crippen LogP contribution in [0.25, 0.3) is 0 Å². The van der Waals surface area contributed by atoms with Crippen molar-refractivity contribution in [2.24, 2.45) is 5.92 Å². The molecule has 1 aliphatic carbocycles. The number of halogens is 1. The Morgan fingerprint density at radius 1 is 1.06 bits per heavy atom. The second-order valence-electron chi connectivity index (χ2n) is 8.97. The van der Waals surface area contributed by atoms with Gasteiger partial charge < -0.3 is 10.1 Å². The van der Waals surface area contributed by atoms with Crippen LogP contribution in [0.4, 0.5) is 4.39 Å². The Labute approximate surface area is 188 Å². The third kappa shape index (κ3) is 4.38. The molecule has 4 nitrogen and oxygen atoms in total. The van der Waals surface area contributed by atoms with Crippen molar-refractivity contribution in [1.82, 2.24) is 5.32 Å². The standard InChI is InChI=1S/C27H28FNO3/c1-16(2)15-32-27(31)24-17(3)29-22-13-20(18-7-5-4-6-8-18)14-23(30)26(22)25(24)19-9-11-21(28)12-10-19/h4-12,16,20,25,29H,13-15H2,1-3H3/t20-,25-/m0/s1. The Hall–Kier alpha value is -3.21. The summed E-state index contributed by atoms with van der Waals surface area (Å²) < 4.78 is 19.2. The van der Waals surface area contributed by atoms with Crippen LogP contribution in [0.1, 0.15) is 56.6 Å². The molecular formula is C27H28FNO3. The Balaban J connectivity index is 1.76. The molecule has 0 bridgehead atoms. The molecule has 1 aliphatic heterocycles. The number of dihydropyridines is 1. The van der Waals surface area contributed by atoms with Crippen LogP contribution in [0, 0.1) is 11.7 Å². The Morgan fingerprint density at radius 2 is 1.75 bits per heavy atom. The van der Waals surface area contributed by atoms with Gasteiger partial charge in [0, 0.05) is 29.3 Å². The minimum atomic E-state index is -0.573. The van der Waals surface area contributed by atoms with E-state index in [1.165, 1.54) is 12.1 Å². The first-order valence-corrected chi connectivity index (χ1v) is 11.1. The molecule has 0 spiro atoms. The molecular weight excluding hydrogens is 405 g/mol. The van der Waals surface area contributed by atoms with Gasteiger partial charge in [0.1, 0.15) is 5.82 Å². The van der Waals surface area contributed by atoms with E-state index in [1.54, 1.807) is 12.1 Å². The molecule has 5 heteroatoms. The van der Waals surface area contributed by atoms with Gasteiger partial charge >= 0.3 is 5.97 Å². The third-order valence-electron chi connectivity index (χ3n) is 6.07. The average molecular weight is 434 g/mol. The van der Waals surface area contributed by atoms with Crippen LogP contribution in [0.2, 0.25) is 0 Å². The molecule has 2 atom stereocenters. The molecule has 1 heterocycles. The highest BCUT2D eigenvalue weighted by Gasteiger charge is 2.41. The predicted molar refractivity (Wildman–Crippen MR) is 121 cm³/mol. The summed E-state index contributed by atoms with van der Waals surface area (Å²) in [5.41, 5.74) is 4.35. The highest BCUT2D eigenvalue weighted by molar-refractivity contribution is 6.04. The van der Waals surface area contributed by atoms with Gasteiger partial charge in [0.25, 0.3) is 0 Å². The quantitative estimate of drug-likeness (QED) is 0.643. The van der Waals surface area contributed by atoms with Crippen LogP contribution in [0.3, 0.4) is 0 Å². The molecule has 0 saturated carbocycles. The summed E-state index contributed by atoms with van der Waals surface area (Å²) in [7, 11) is 0. The van der Waals surface area contributed by atoms with Crippen molar-refractivity contribution in [3.05, 3.63) is 94.1 Å². The number of ether oxygens (including phenoxy) is 1. The number of benzene rings is 2. The lowest BCUT2D eigenvalue weighted by molar-refractivity contribution is -0.140. The summed E-state index contributed by atoms with van der Waals surface area (Å²) in [6, 6.07) is 16.0. The van der Waals surface area contributed by atoms with Crippen molar-refractivity contribution in [2.45, 2.75) is 45.4 Å². The third-order valence-corrected chi connectivity index (χ3v) is 6.07. The van der Waals surface area contributed by atoms with Crippen molar-refractivity contribution in [1.29, 1.82) is 0 Å². The zero-order chi connectivity index (χ0) is 22.8. The second kappa shape index (κ2) is 9.11. The Kier molecular flexibility index (Phi) is 6.26. The SMILES string of the molecule is CC1=C(C(=O)OCC(C)C)[C@H](c2ccc(F)cc2)C2=C(C[C@H](c3ccccc3)CC2=O)N1. The van der Waals surface area contributed by atoms with Crippen LogP contribution < -0.4 is 5.32 Å². The number of nitrogens with one attached hydrogen (secondary N) is 1. The minimum absolute atomic E-state index is 0.00332. The van der Waals surface area contributed by atoms with Gasteiger partial charge in [-0.1, -0.05) is 56.3 Å². The van der Waals surface area contributed by atoms with Crippen molar-refractivity contribution >= 4 is 11.8 Å². The molecule has 2 aliphatic rings. The first-order chi connectivity index (χ1) is 15.3. The van der Waals surface area contributed by atoms with E-state index in [1.807, 2.05) is 51.1 Å². The lowest BCUT2D eigenvalue weighted by Crippen LogP contribution is -2.36. The molecule has 0 unspecified atom stereocenters. The molecule has 2 aromatic rings. The van der Waals surface area contributed by atoms with Gasteiger partial charge in [-0.15, -0.1) is 0 Å². The van der Waals surface area contributed by atoms with Crippen LogP contribution in [0.15, 0.2) is 77.1 Å². The average Bonchev–Trinajstić information content (AvgIpc) is 2.77. The first-order valence-electron chi connectivity index (χ1n) is 11.1. The Morgan fingerprint density at radius 3 is 2.41 bits per heavy atom. The van der Waals surface area contributed by atoms with Crippen molar-refractivity contribution < 1.29 is 18.7 Å². The number of allylic oxidation sites excluding steroid dienone is 3. The molecule has 0 saturated heterocycles. The lowest BCUT2D eigenvalue weighted by atomic mass is 9.72. The summed E-state index contributed by atoms with van der Waals surface area (Å²) in [6.07, 6.45) is 1.05. The fraction of sp³-hybridized carbons (Fsp3) is 0.333. The minimum Gasteiger partial charge on any atom is -0.462 e. The maximum absolute atomic E-state index is 13.6. The smallest absolute Gasteiger partial charge is 0.336 e. The van der Waals surface area contributed by atoms with E-state index in [4.69, 9.17) is 4.74 Å². The number of rotatable bonds is 5. The molecule has 2 aromatic carbocycles. The summed E-state index contributed by atoms with van der Waals surface area (Å²) in [4.78, 5) is 26.6. The van der Waals surface area contributed by atoms with E-state index in [9.17, 15) is 14.0 Å². The molecule has 166 valence electrons. The van der Waals surface area contributed by atoms with E-state index in [0.29, 0.717) is 41.9 Å². The summed E-state index contributed by atoms with van der Waals surface area (Å²) in [5.74, 6) is -1.10. The van der Waals surface area contributed by atoms with Gasteiger partial charge in [0.15, 0.2) is 5.78 Å². The molecule has 0 aromatic heterocycles. The maximum Gasteiger partial charge on any atom is 0.336 e. The number of ketones is 1. The van der Waals surface area contributed by atoms with Crippen LogP contribution >= 0.6 is 0 Å². The highest BCUT2D eigenvalue weighted by atomic mass is 19.1. The monoisotopic (exact) mass is 433 g/mol. The molecule has 0 amide bonds. The van der Waals surface area contributed by atoms with Gasteiger partial charge in [-0.3, -0.25) is 4.79 Å². The van der Waals surface area contributed by atoms with Crippen LogP contribution in [0.5, 0.6) is 0 Å². The number of Topliss-reactive ketones (excluding diaryl/α,β-unsaturated/α-hetero) is 1. The van der Waals surface area contributed by atoms with Crippen molar-refractivity contribution in [3.63, 3.8) is 0 Å². The highest BCUT2D eigenvalue weighted by Crippen LogP contribution is 2.45. The van der Waals surface area contributed by atoms with Gasteiger partial charge in [0.2, 0.25) is 0 Å². The molecule has 32 heavy (non-hydrogen) atoms. The summed E-state index contributed by atoms with van der Waals surface area (Å²) in [6.45, 7) is 6.07. The number of carbonyl (C=O) groups excluding carboxylic acids is 2. The Bertz CT molecular complexity index is 1080. The topological polar surface area (TPSA) is 55.4 Å². The van der Waals surface area contributed by atoms with Crippen LogP contribution in [-0.4, -0.2) is 18.4 Å². The molecule has 1 N–H and O–H groups in total. The van der Waals surface area contributed by atoms with E-state index in [2.05, 4.69) is 5.32 Å². The molecule has 0 radical (unpaired) electrons. The van der Waals surface area contributed by atoms with Crippen LogP contribution in [-0.2, 0) is 14.3 Å². The number of esters is 1. The lowest BCUT2D eigenvalue weighted by Gasteiger charge is -2.36. The summed E-state index contributed by atoms with van der Waals surface area (Å²) in [5, 5.41) is 3.34. The van der Waals surface area contributed by atoms with Gasteiger partial charge in [-0.2, -0.15) is 0 Å². The summed E-state index contributed by atoms with van der Waals surface area (Å²) >= 11 is 0. The van der Waals surface area contributed by atoms with Gasteiger partial charge in [0.05, 0.1) is 12.2 Å².